The van der Waals surface area contributed by atoms with E-state index in [-0.39, 0.29) is 11.9 Å². The van der Waals surface area contributed by atoms with Crippen LogP contribution in [0.1, 0.15) is 27.2 Å². The van der Waals surface area contributed by atoms with E-state index < -0.39 is 10.0 Å². The molecule has 7 nitrogen and oxygen atoms in total. The zero-order chi connectivity index (χ0) is 16.2. The van der Waals surface area contributed by atoms with E-state index in [1.54, 1.807) is 19.3 Å². The number of ether oxygens (including phenoxy) is 1. The molecule has 2 heterocycles. The van der Waals surface area contributed by atoms with Crippen molar-refractivity contribution in [1.29, 1.82) is 0 Å². The Bertz CT molecular complexity index is 590. The van der Waals surface area contributed by atoms with Gasteiger partial charge in [0, 0.05) is 32.0 Å². The van der Waals surface area contributed by atoms with Gasteiger partial charge in [-0.25, -0.2) is 18.4 Å². The second kappa shape index (κ2) is 7.23. The average molecular weight is 328 g/mol. The molecule has 22 heavy (non-hydrogen) atoms. The van der Waals surface area contributed by atoms with E-state index >= 15 is 0 Å². The Hall–Kier alpha value is -1.41. The highest BCUT2D eigenvalue weighted by molar-refractivity contribution is 7.89. The van der Waals surface area contributed by atoms with E-state index in [1.165, 1.54) is 4.31 Å². The number of sulfonamides is 1. The van der Waals surface area contributed by atoms with Gasteiger partial charge in [-0.1, -0.05) is 0 Å². The maximum Gasteiger partial charge on any atom is 0.257 e. The van der Waals surface area contributed by atoms with Crippen LogP contribution >= 0.6 is 0 Å². The molecule has 0 amide bonds. The Morgan fingerprint density at radius 1 is 1.27 bits per heavy atom. The molecule has 1 fully saturated rings. The number of nitrogens with zero attached hydrogens (tertiary/aromatic N) is 4. The Labute approximate surface area is 132 Å². The topological polar surface area (TPSA) is 75.6 Å². The fraction of sp³-hybridized carbons (Fsp3) is 0.714. The summed E-state index contributed by atoms with van der Waals surface area (Å²) in [6, 6.07) is 0. The molecule has 1 aromatic rings. The summed E-state index contributed by atoms with van der Waals surface area (Å²) in [6.07, 6.45) is 3.74. The molecule has 0 aromatic carbocycles. The minimum absolute atomic E-state index is 0.121. The fourth-order valence-electron chi connectivity index (χ4n) is 2.53. The standard InChI is InChI=1S/C14H24N4O3S/c1-4-17(5-2)13-14(16-9-8-15-13)21-12-7-10-18(11-12)22(19,20)6-3/h8-9,12H,4-7,10-11H2,1-3H3. The zero-order valence-electron chi connectivity index (χ0n) is 13.4. The second-order valence-electron chi connectivity index (χ2n) is 5.14. The normalized spacial score (nSPS) is 19.3. The van der Waals surface area contributed by atoms with Crippen LogP contribution in [0.15, 0.2) is 12.4 Å². The van der Waals surface area contributed by atoms with Gasteiger partial charge in [-0.15, -0.1) is 0 Å². The van der Waals surface area contributed by atoms with E-state index in [9.17, 15) is 8.42 Å². The third-order valence-electron chi connectivity index (χ3n) is 3.85. The van der Waals surface area contributed by atoms with Gasteiger partial charge in [0.15, 0.2) is 5.82 Å². The van der Waals surface area contributed by atoms with Crippen molar-refractivity contribution in [2.45, 2.75) is 33.3 Å². The molecule has 1 saturated heterocycles. The molecule has 124 valence electrons. The molecule has 1 aliphatic heterocycles. The molecular formula is C14H24N4O3S. The number of hydrogen-bond donors (Lipinski definition) is 0. The monoisotopic (exact) mass is 328 g/mol. The lowest BCUT2D eigenvalue weighted by molar-refractivity contribution is 0.206. The predicted octanol–water partition coefficient (Wildman–Crippen LogP) is 1.13. The van der Waals surface area contributed by atoms with E-state index in [2.05, 4.69) is 14.9 Å². The summed E-state index contributed by atoms with van der Waals surface area (Å²) in [5, 5.41) is 0. The lowest BCUT2D eigenvalue weighted by atomic mass is 10.3. The van der Waals surface area contributed by atoms with Gasteiger partial charge in [-0.3, -0.25) is 0 Å². The fourth-order valence-corrected chi connectivity index (χ4v) is 3.67. The van der Waals surface area contributed by atoms with E-state index in [0.29, 0.717) is 31.2 Å². The molecule has 1 atom stereocenters. The van der Waals surface area contributed by atoms with Crippen LogP contribution in [0.3, 0.4) is 0 Å². The first-order valence-corrected chi connectivity index (χ1v) is 9.33. The Morgan fingerprint density at radius 2 is 1.95 bits per heavy atom. The Balaban J connectivity index is 2.10. The summed E-state index contributed by atoms with van der Waals surface area (Å²) in [5.74, 6) is 1.31. The number of anilines is 1. The first kappa shape index (κ1) is 17.0. The molecule has 1 unspecified atom stereocenters. The molecule has 1 aromatic heterocycles. The minimum atomic E-state index is -3.15. The van der Waals surface area contributed by atoms with Crippen molar-refractivity contribution in [3.8, 4) is 5.88 Å². The molecule has 0 bridgehead atoms. The third kappa shape index (κ3) is 3.67. The summed E-state index contributed by atoms with van der Waals surface area (Å²) in [5.41, 5.74) is 0. The number of rotatable bonds is 7. The summed E-state index contributed by atoms with van der Waals surface area (Å²) in [6.45, 7) is 8.26. The van der Waals surface area contributed by atoms with Crippen molar-refractivity contribution in [2.24, 2.45) is 0 Å². The van der Waals surface area contributed by atoms with Gasteiger partial charge in [0.1, 0.15) is 6.10 Å². The minimum Gasteiger partial charge on any atom is -0.470 e. The summed E-state index contributed by atoms with van der Waals surface area (Å²) >= 11 is 0. The molecule has 0 spiro atoms. The zero-order valence-corrected chi connectivity index (χ0v) is 14.2. The predicted molar refractivity (Wildman–Crippen MR) is 85.7 cm³/mol. The van der Waals surface area contributed by atoms with Crippen LogP contribution in [-0.4, -0.2) is 60.7 Å². The molecule has 0 N–H and O–H groups in total. The molecule has 0 saturated carbocycles. The van der Waals surface area contributed by atoms with Crippen LogP contribution < -0.4 is 9.64 Å². The molecule has 0 radical (unpaired) electrons. The summed E-state index contributed by atoms with van der Waals surface area (Å²) < 4.78 is 31.2. The van der Waals surface area contributed by atoms with Crippen LogP contribution in [0.5, 0.6) is 5.88 Å². The SMILES string of the molecule is CCN(CC)c1nccnc1OC1CCN(S(=O)(=O)CC)C1. The average Bonchev–Trinajstić information content (AvgIpc) is 2.99. The van der Waals surface area contributed by atoms with E-state index in [0.717, 1.165) is 13.1 Å². The molecular weight excluding hydrogens is 304 g/mol. The Morgan fingerprint density at radius 3 is 2.59 bits per heavy atom. The van der Waals surface area contributed by atoms with Crippen LogP contribution in [-0.2, 0) is 10.0 Å². The largest absolute Gasteiger partial charge is 0.470 e. The van der Waals surface area contributed by atoms with Gasteiger partial charge in [0.2, 0.25) is 10.0 Å². The molecule has 2 rings (SSSR count). The quantitative estimate of drug-likeness (QED) is 0.747. The van der Waals surface area contributed by atoms with Gasteiger partial charge in [-0.05, 0) is 27.2 Å². The van der Waals surface area contributed by atoms with E-state index in [4.69, 9.17) is 4.74 Å². The van der Waals surface area contributed by atoms with Gasteiger partial charge in [0.25, 0.3) is 5.88 Å². The first-order valence-electron chi connectivity index (χ1n) is 7.72. The van der Waals surface area contributed by atoms with Crippen molar-refractivity contribution in [2.75, 3.05) is 36.8 Å². The van der Waals surface area contributed by atoms with Crippen LogP contribution in [0.2, 0.25) is 0 Å². The molecule has 1 aliphatic rings. The van der Waals surface area contributed by atoms with Crippen molar-refractivity contribution < 1.29 is 13.2 Å². The maximum atomic E-state index is 11.9. The van der Waals surface area contributed by atoms with Gasteiger partial charge < -0.3 is 9.64 Å². The van der Waals surface area contributed by atoms with Crippen molar-refractivity contribution in [3.63, 3.8) is 0 Å². The first-order chi connectivity index (χ1) is 10.5. The lowest BCUT2D eigenvalue weighted by Gasteiger charge is -2.23. The summed E-state index contributed by atoms with van der Waals surface area (Å²) in [7, 11) is -3.15. The second-order valence-corrected chi connectivity index (χ2v) is 7.40. The summed E-state index contributed by atoms with van der Waals surface area (Å²) in [4.78, 5) is 10.7. The Kier molecular flexibility index (Phi) is 5.57. The van der Waals surface area contributed by atoms with Crippen LogP contribution in [0.4, 0.5) is 5.82 Å². The third-order valence-corrected chi connectivity index (χ3v) is 5.70. The van der Waals surface area contributed by atoms with Crippen molar-refractivity contribution in [1.82, 2.24) is 14.3 Å². The smallest absolute Gasteiger partial charge is 0.257 e. The highest BCUT2D eigenvalue weighted by atomic mass is 32.2. The molecule has 0 aliphatic carbocycles. The maximum absolute atomic E-state index is 11.9. The lowest BCUT2D eigenvalue weighted by Crippen LogP contribution is -2.32. The highest BCUT2D eigenvalue weighted by Gasteiger charge is 2.32. The number of aromatic nitrogens is 2. The van der Waals surface area contributed by atoms with Crippen LogP contribution in [0, 0.1) is 0 Å². The highest BCUT2D eigenvalue weighted by Crippen LogP contribution is 2.26. The van der Waals surface area contributed by atoms with Gasteiger partial charge in [-0.2, -0.15) is 4.31 Å². The van der Waals surface area contributed by atoms with Crippen molar-refractivity contribution >= 4 is 15.8 Å². The number of hydrogen-bond acceptors (Lipinski definition) is 6. The molecule has 8 heteroatoms. The van der Waals surface area contributed by atoms with E-state index in [1.807, 2.05) is 13.8 Å². The van der Waals surface area contributed by atoms with Gasteiger partial charge >= 0.3 is 0 Å². The van der Waals surface area contributed by atoms with Crippen molar-refractivity contribution in [3.05, 3.63) is 12.4 Å². The van der Waals surface area contributed by atoms with Crippen LogP contribution in [0.25, 0.3) is 0 Å². The van der Waals surface area contributed by atoms with Gasteiger partial charge in [0.05, 0.1) is 12.3 Å².